The van der Waals surface area contributed by atoms with Gasteiger partial charge in [-0.2, -0.15) is 5.26 Å². The van der Waals surface area contributed by atoms with Crippen molar-refractivity contribution in [2.24, 2.45) is 23.5 Å². The molecule has 5 rings (SSSR count). The van der Waals surface area contributed by atoms with E-state index in [1.807, 2.05) is 12.1 Å². The highest BCUT2D eigenvalue weighted by Crippen LogP contribution is 2.46. The van der Waals surface area contributed by atoms with Crippen LogP contribution in [0.15, 0.2) is 42.6 Å². The molecule has 2 aliphatic carbocycles. The number of nitrogens with one attached hydrogen (secondary N) is 2. The first-order valence-electron chi connectivity index (χ1n) is 9.34. The summed E-state index contributed by atoms with van der Waals surface area (Å²) in [5, 5.41) is 12.9. The van der Waals surface area contributed by atoms with Gasteiger partial charge in [0.1, 0.15) is 11.3 Å². The van der Waals surface area contributed by atoms with E-state index in [4.69, 9.17) is 22.6 Å². The summed E-state index contributed by atoms with van der Waals surface area (Å²) < 4.78 is 0. The zero-order valence-electron chi connectivity index (χ0n) is 15.3. The fourth-order valence-electron chi connectivity index (χ4n) is 4.49. The number of imidazole rings is 1. The van der Waals surface area contributed by atoms with Crippen LogP contribution >= 0.6 is 11.6 Å². The molecule has 1 fully saturated rings. The fourth-order valence-corrected chi connectivity index (χ4v) is 4.69. The molecule has 1 saturated carbocycles. The van der Waals surface area contributed by atoms with Gasteiger partial charge in [-0.05, 0) is 42.5 Å². The molecular formula is C21H17ClN6O. The van der Waals surface area contributed by atoms with Crippen LogP contribution in [-0.2, 0) is 4.79 Å². The predicted molar refractivity (Wildman–Crippen MR) is 110 cm³/mol. The third-order valence-electron chi connectivity index (χ3n) is 5.86. The lowest BCUT2D eigenvalue weighted by Crippen LogP contribution is -2.41. The summed E-state index contributed by atoms with van der Waals surface area (Å²) in [7, 11) is 0. The Morgan fingerprint density at radius 2 is 2.03 bits per heavy atom. The Balaban J connectivity index is 1.54. The number of pyridine rings is 1. The Kier molecular flexibility index (Phi) is 4.03. The Morgan fingerprint density at radius 1 is 1.28 bits per heavy atom. The Labute approximate surface area is 171 Å². The molecular weight excluding hydrogens is 388 g/mol. The molecule has 29 heavy (non-hydrogen) atoms. The van der Waals surface area contributed by atoms with Gasteiger partial charge in [0.05, 0.1) is 34.5 Å². The zero-order valence-corrected chi connectivity index (χ0v) is 16.0. The predicted octanol–water partition coefficient (Wildman–Crippen LogP) is 3.24. The Hall–Kier alpha value is -3.37. The van der Waals surface area contributed by atoms with Gasteiger partial charge in [0.25, 0.3) is 0 Å². The average molecular weight is 405 g/mol. The van der Waals surface area contributed by atoms with Crippen LogP contribution in [0, 0.1) is 29.1 Å². The molecule has 1 amide bonds. The van der Waals surface area contributed by atoms with Crippen molar-refractivity contribution in [2.75, 3.05) is 5.32 Å². The summed E-state index contributed by atoms with van der Waals surface area (Å²) >= 11 is 6.46. The van der Waals surface area contributed by atoms with Crippen molar-refractivity contribution in [1.82, 2.24) is 15.0 Å². The first-order chi connectivity index (χ1) is 14.0. The minimum Gasteiger partial charge on any atom is -0.378 e. The van der Waals surface area contributed by atoms with E-state index in [0.29, 0.717) is 33.3 Å². The van der Waals surface area contributed by atoms with E-state index in [0.717, 1.165) is 12.0 Å². The van der Waals surface area contributed by atoms with Crippen LogP contribution in [0.4, 0.5) is 5.69 Å². The van der Waals surface area contributed by atoms with E-state index in [1.54, 1.807) is 18.3 Å². The molecule has 4 atom stereocenters. The summed E-state index contributed by atoms with van der Waals surface area (Å²) in [5.41, 5.74) is 8.96. The summed E-state index contributed by atoms with van der Waals surface area (Å²) in [4.78, 5) is 24.2. The molecule has 0 radical (unpaired) electrons. The van der Waals surface area contributed by atoms with Crippen molar-refractivity contribution in [3.63, 3.8) is 0 Å². The van der Waals surface area contributed by atoms with Crippen molar-refractivity contribution in [1.29, 1.82) is 5.26 Å². The van der Waals surface area contributed by atoms with Gasteiger partial charge >= 0.3 is 0 Å². The van der Waals surface area contributed by atoms with Gasteiger partial charge in [-0.25, -0.2) is 9.97 Å². The van der Waals surface area contributed by atoms with Crippen LogP contribution in [0.2, 0.25) is 5.02 Å². The summed E-state index contributed by atoms with van der Waals surface area (Å²) in [6, 6.07) is 9.11. The molecule has 2 aromatic heterocycles. The lowest BCUT2D eigenvalue weighted by molar-refractivity contribution is -0.122. The summed E-state index contributed by atoms with van der Waals surface area (Å²) in [6.45, 7) is 0. The molecule has 144 valence electrons. The maximum atomic E-state index is 12.0. The molecule has 2 unspecified atom stereocenters. The number of carbonyl (C=O) groups is 1. The number of aromatic amines is 1. The molecule has 8 heteroatoms. The van der Waals surface area contributed by atoms with Crippen LogP contribution < -0.4 is 11.1 Å². The van der Waals surface area contributed by atoms with Crippen molar-refractivity contribution in [3.8, 4) is 17.5 Å². The SMILES string of the molecule is N#Cc1ccc(-c2nc3ncc(Cl)c(NC4C(C(N)=O)[C@@H]5C=C[C@H]4C5)c3[nH]2)cc1. The number of rotatable bonds is 4. The minimum absolute atomic E-state index is 0.118. The van der Waals surface area contributed by atoms with Gasteiger partial charge in [0, 0.05) is 11.6 Å². The monoisotopic (exact) mass is 404 g/mol. The molecule has 2 heterocycles. The first kappa shape index (κ1) is 17.7. The van der Waals surface area contributed by atoms with Gasteiger partial charge in [0.15, 0.2) is 5.65 Å². The van der Waals surface area contributed by atoms with E-state index in [2.05, 4.69) is 38.5 Å². The second kappa shape index (κ2) is 6.61. The van der Waals surface area contributed by atoms with Crippen LogP contribution in [-0.4, -0.2) is 26.9 Å². The molecule has 4 N–H and O–H groups in total. The third kappa shape index (κ3) is 2.84. The van der Waals surface area contributed by atoms with E-state index in [1.165, 1.54) is 0 Å². The number of nitrogens with zero attached hydrogens (tertiary/aromatic N) is 3. The number of amides is 1. The summed E-state index contributed by atoms with van der Waals surface area (Å²) in [6.07, 6.45) is 6.69. The Bertz CT molecular complexity index is 1190. The molecule has 1 aromatic carbocycles. The van der Waals surface area contributed by atoms with Gasteiger partial charge in [-0.3, -0.25) is 4.79 Å². The molecule has 0 spiro atoms. The maximum absolute atomic E-state index is 12.0. The molecule has 3 aromatic rings. The van der Waals surface area contributed by atoms with Gasteiger partial charge < -0.3 is 16.0 Å². The van der Waals surface area contributed by atoms with E-state index >= 15 is 0 Å². The van der Waals surface area contributed by atoms with Crippen LogP contribution in [0.5, 0.6) is 0 Å². The number of allylic oxidation sites excluding steroid dienone is 1. The number of aromatic nitrogens is 3. The zero-order chi connectivity index (χ0) is 20.1. The normalized spacial score (nSPS) is 24.7. The number of hydrogen-bond acceptors (Lipinski definition) is 5. The first-order valence-corrected chi connectivity index (χ1v) is 9.72. The second-order valence-electron chi connectivity index (χ2n) is 7.50. The molecule has 2 bridgehead atoms. The van der Waals surface area contributed by atoms with Crippen molar-refractivity contribution in [3.05, 3.63) is 53.2 Å². The minimum atomic E-state index is -0.302. The topological polar surface area (TPSA) is 120 Å². The quantitative estimate of drug-likeness (QED) is 0.576. The number of carbonyl (C=O) groups excluding carboxylic acids is 1. The third-order valence-corrected chi connectivity index (χ3v) is 6.15. The average Bonchev–Trinajstić information content (AvgIpc) is 3.44. The highest BCUT2D eigenvalue weighted by molar-refractivity contribution is 6.34. The number of anilines is 1. The number of halogens is 1. The maximum Gasteiger partial charge on any atom is 0.223 e. The van der Waals surface area contributed by atoms with Crippen molar-refractivity contribution < 1.29 is 4.79 Å². The number of nitriles is 1. The molecule has 0 aliphatic heterocycles. The highest BCUT2D eigenvalue weighted by Gasteiger charge is 2.47. The lowest BCUT2D eigenvalue weighted by atomic mass is 9.88. The largest absolute Gasteiger partial charge is 0.378 e. The molecule has 2 aliphatic rings. The number of fused-ring (bicyclic) bond motifs is 3. The van der Waals surface area contributed by atoms with Gasteiger partial charge in [-0.15, -0.1) is 0 Å². The van der Waals surface area contributed by atoms with E-state index in [-0.39, 0.29) is 29.7 Å². The smallest absolute Gasteiger partial charge is 0.223 e. The standard InChI is InChI=1S/C21H17ClN6O/c22-14-9-25-21-18(27-20(28-21)11-3-1-10(8-23)2-4-11)17(14)26-16-13-6-5-12(7-13)15(16)19(24)29/h1-6,9,12-13,15-16H,7H2,(H2,24,29)(H2,25,26,27,28)/t12-,13+,15?,16?/m1/s1. The number of benzene rings is 1. The van der Waals surface area contributed by atoms with Crippen molar-refractivity contribution >= 4 is 34.4 Å². The van der Waals surface area contributed by atoms with Crippen molar-refractivity contribution in [2.45, 2.75) is 12.5 Å². The van der Waals surface area contributed by atoms with Crippen LogP contribution in [0.1, 0.15) is 12.0 Å². The molecule has 7 nitrogen and oxygen atoms in total. The molecule has 0 saturated heterocycles. The second-order valence-corrected chi connectivity index (χ2v) is 7.91. The number of primary amides is 1. The van der Waals surface area contributed by atoms with E-state index in [9.17, 15) is 4.79 Å². The van der Waals surface area contributed by atoms with Gasteiger partial charge in [-0.1, -0.05) is 23.8 Å². The fraction of sp³-hybridized carbons (Fsp3) is 0.238. The number of hydrogen-bond donors (Lipinski definition) is 3. The lowest BCUT2D eigenvalue weighted by Gasteiger charge is -2.28. The number of H-pyrrole nitrogens is 1. The Morgan fingerprint density at radius 3 is 2.76 bits per heavy atom. The highest BCUT2D eigenvalue weighted by atomic mass is 35.5. The van der Waals surface area contributed by atoms with Gasteiger partial charge in [0.2, 0.25) is 5.91 Å². The summed E-state index contributed by atoms with van der Waals surface area (Å²) in [5.74, 6) is 0.454. The number of nitrogens with two attached hydrogens (primary N) is 1. The van der Waals surface area contributed by atoms with Crippen LogP contribution in [0.3, 0.4) is 0 Å². The van der Waals surface area contributed by atoms with E-state index < -0.39 is 0 Å². The van der Waals surface area contributed by atoms with Crippen LogP contribution in [0.25, 0.3) is 22.6 Å².